The Balaban J connectivity index is 0.829. The molecular weight excluding hydrogens is 649 g/mol. The second-order valence-corrected chi connectivity index (χ2v) is 15.4. The van der Waals surface area contributed by atoms with Crippen molar-refractivity contribution in [3.8, 4) is 0 Å². The third kappa shape index (κ3) is 12.0. The van der Waals surface area contributed by atoms with E-state index in [1.54, 1.807) is 12.1 Å². The first-order valence-corrected chi connectivity index (χ1v) is 19.9. The minimum Gasteiger partial charge on any atom is -0.446 e. The Morgan fingerprint density at radius 1 is 0.654 bits per heavy atom. The number of carbonyl (C=O) groups excluding carboxylic acids is 3. The lowest BCUT2D eigenvalue weighted by Gasteiger charge is -2.32. The predicted molar refractivity (Wildman–Crippen MR) is 208 cm³/mol. The normalized spacial score (nSPS) is 15.3. The van der Waals surface area contributed by atoms with Crippen LogP contribution >= 0.6 is 0 Å². The number of fused-ring (bicyclic) bond motifs is 1. The van der Waals surface area contributed by atoms with E-state index in [-0.39, 0.29) is 30.1 Å². The van der Waals surface area contributed by atoms with E-state index in [4.69, 9.17) is 4.74 Å². The van der Waals surface area contributed by atoms with Gasteiger partial charge in [-0.15, -0.1) is 0 Å². The fourth-order valence-corrected chi connectivity index (χ4v) is 7.70. The first-order chi connectivity index (χ1) is 25.3. The molecule has 1 fully saturated rings. The van der Waals surface area contributed by atoms with Gasteiger partial charge in [0.15, 0.2) is 0 Å². The van der Waals surface area contributed by atoms with Crippen LogP contribution in [0, 0.1) is 0 Å². The SMILES string of the molecule is C[N+](C)(CCCCCCCCCCCCN1CCC(OC(=O)NC(c2ccccc2)c2ccccc2)CC1)CCCN1C(=O)c2ccccc2C1=O. The predicted octanol–water partition coefficient (Wildman–Crippen LogP) is 8.63. The van der Waals surface area contributed by atoms with Gasteiger partial charge in [0, 0.05) is 26.1 Å². The Morgan fingerprint density at radius 3 is 1.65 bits per heavy atom. The van der Waals surface area contributed by atoms with Crippen LogP contribution < -0.4 is 5.32 Å². The molecule has 2 aliphatic heterocycles. The molecule has 0 unspecified atom stereocenters. The number of carbonyl (C=O) groups is 3. The van der Waals surface area contributed by atoms with Gasteiger partial charge in [0.25, 0.3) is 11.8 Å². The van der Waals surface area contributed by atoms with Gasteiger partial charge in [0.05, 0.1) is 44.4 Å². The molecule has 280 valence electrons. The number of hydrogen-bond donors (Lipinski definition) is 1. The summed E-state index contributed by atoms with van der Waals surface area (Å²) in [5, 5.41) is 3.11. The van der Waals surface area contributed by atoms with Gasteiger partial charge in [0.2, 0.25) is 0 Å². The number of piperidine rings is 1. The summed E-state index contributed by atoms with van der Waals surface area (Å²) >= 11 is 0. The minimum atomic E-state index is -0.341. The maximum absolute atomic E-state index is 12.9. The zero-order chi connectivity index (χ0) is 36.6. The highest BCUT2D eigenvalue weighted by Gasteiger charge is 2.35. The molecule has 1 saturated heterocycles. The molecule has 0 atom stereocenters. The third-order valence-electron chi connectivity index (χ3n) is 10.8. The molecule has 1 N–H and O–H groups in total. The molecular formula is C44H61N4O4+. The molecule has 0 aromatic heterocycles. The van der Waals surface area contributed by atoms with Crippen molar-refractivity contribution in [2.24, 2.45) is 0 Å². The van der Waals surface area contributed by atoms with Gasteiger partial charge in [-0.25, -0.2) is 4.79 Å². The minimum absolute atomic E-state index is 0.0285. The van der Waals surface area contributed by atoms with Crippen molar-refractivity contribution in [1.82, 2.24) is 15.1 Å². The van der Waals surface area contributed by atoms with Crippen molar-refractivity contribution in [1.29, 1.82) is 0 Å². The van der Waals surface area contributed by atoms with Crippen molar-refractivity contribution in [2.45, 2.75) is 95.6 Å². The van der Waals surface area contributed by atoms with E-state index < -0.39 is 0 Å². The van der Waals surface area contributed by atoms with Gasteiger partial charge in [-0.2, -0.15) is 0 Å². The molecule has 0 radical (unpaired) electrons. The Hall–Kier alpha value is -4.01. The maximum Gasteiger partial charge on any atom is 0.408 e. The van der Waals surface area contributed by atoms with Crippen LogP contribution in [0.4, 0.5) is 4.79 Å². The van der Waals surface area contributed by atoms with Crippen LogP contribution in [0.1, 0.15) is 121 Å². The van der Waals surface area contributed by atoms with E-state index in [0.29, 0.717) is 17.7 Å². The molecule has 52 heavy (non-hydrogen) atoms. The lowest BCUT2D eigenvalue weighted by atomic mass is 9.99. The smallest absolute Gasteiger partial charge is 0.408 e. The van der Waals surface area contributed by atoms with Crippen molar-refractivity contribution in [3.05, 3.63) is 107 Å². The van der Waals surface area contributed by atoms with Crippen molar-refractivity contribution in [2.75, 3.05) is 53.4 Å². The van der Waals surface area contributed by atoms with E-state index in [0.717, 1.165) is 67.6 Å². The van der Waals surface area contributed by atoms with Crippen LogP contribution in [0.25, 0.3) is 0 Å². The van der Waals surface area contributed by atoms with Crippen LogP contribution in [-0.4, -0.2) is 91.7 Å². The molecule has 5 rings (SSSR count). The number of unbranched alkanes of at least 4 members (excludes halogenated alkanes) is 9. The fourth-order valence-electron chi connectivity index (χ4n) is 7.70. The van der Waals surface area contributed by atoms with Gasteiger partial charge >= 0.3 is 6.09 Å². The standard InChI is InChI=1S/C44H60N4O4/c1-48(2,35-21-31-47-42(49)39-26-17-18-27-40(39)43(47)50)34-20-10-8-6-4-3-5-7-9-19-30-46-32-28-38(29-33-46)52-44(51)45-41(36-22-13-11-14-23-36)37-24-15-12-16-25-37/h11-18,22-27,38,41H,3-10,19-21,28-35H2,1-2H3/p+1. The van der Waals surface area contributed by atoms with Gasteiger partial charge in [0.1, 0.15) is 6.10 Å². The van der Waals surface area contributed by atoms with E-state index >= 15 is 0 Å². The van der Waals surface area contributed by atoms with Crippen LogP contribution in [-0.2, 0) is 4.74 Å². The van der Waals surface area contributed by atoms with E-state index in [2.05, 4.69) is 24.3 Å². The highest BCUT2D eigenvalue weighted by Crippen LogP contribution is 2.24. The summed E-state index contributed by atoms with van der Waals surface area (Å²) in [6.07, 6.45) is 15.2. The number of nitrogens with zero attached hydrogens (tertiary/aromatic N) is 3. The number of hydrogen-bond acceptors (Lipinski definition) is 5. The zero-order valence-electron chi connectivity index (χ0n) is 31.6. The van der Waals surface area contributed by atoms with Gasteiger partial charge < -0.3 is 19.4 Å². The summed E-state index contributed by atoms with van der Waals surface area (Å²) < 4.78 is 6.81. The second-order valence-electron chi connectivity index (χ2n) is 15.4. The monoisotopic (exact) mass is 709 g/mol. The number of alkyl carbamates (subject to hydrolysis) is 1. The van der Waals surface area contributed by atoms with Crippen LogP contribution in [0.5, 0.6) is 0 Å². The van der Waals surface area contributed by atoms with Gasteiger partial charge in [-0.05, 0) is 61.9 Å². The lowest BCUT2D eigenvalue weighted by Crippen LogP contribution is -2.43. The van der Waals surface area contributed by atoms with Crippen LogP contribution in [0.3, 0.4) is 0 Å². The second kappa shape index (κ2) is 20.3. The molecule has 8 heteroatoms. The van der Waals surface area contributed by atoms with E-state index in [1.807, 2.05) is 72.8 Å². The number of benzene rings is 3. The molecule has 0 aliphatic carbocycles. The Kier molecular flexibility index (Phi) is 15.3. The average Bonchev–Trinajstić information content (AvgIpc) is 3.40. The first kappa shape index (κ1) is 39.2. The molecule has 3 aromatic rings. The summed E-state index contributed by atoms with van der Waals surface area (Å²) in [5.74, 6) is -0.295. The zero-order valence-corrected chi connectivity index (χ0v) is 31.6. The number of imide groups is 1. The Bertz CT molecular complexity index is 1460. The van der Waals surface area contributed by atoms with Gasteiger partial charge in [-0.3, -0.25) is 14.5 Å². The van der Waals surface area contributed by atoms with Gasteiger partial charge in [-0.1, -0.05) is 118 Å². The fraction of sp³-hybridized carbons (Fsp3) is 0.523. The summed E-state index contributed by atoms with van der Waals surface area (Å²) in [6, 6.07) is 27.0. The summed E-state index contributed by atoms with van der Waals surface area (Å²) in [6.45, 7) is 5.71. The number of likely N-dealkylation sites (tertiary alicyclic amines) is 1. The number of rotatable bonds is 21. The summed E-state index contributed by atoms with van der Waals surface area (Å²) in [7, 11) is 4.52. The van der Waals surface area contributed by atoms with Crippen molar-refractivity contribution in [3.63, 3.8) is 0 Å². The molecule has 0 saturated carbocycles. The summed E-state index contributed by atoms with van der Waals surface area (Å²) in [5.41, 5.74) is 3.16. The lowest BCUT2D eigenvalue weighted by molar-refractivity contribution is -0.890. The number of nitrogens with one attached hydrogen (secondary N) is 1. The first-order valence-electron chi connectivity index (χ1n) is 19.9. The molecule has 0 bridgehead atoms. The van der Waals surface area contributed by atoms with Crippen molar-refractivity contribution < 1.29 is 23.6 Å². The quantitative estimate of drug-likeness (QED) is 0.0681. The molecule has 2 aliphatic rings. The highest BCUT2D eigenvalue weighted by atomic mass is 16.6. The van der Waals surface area contributed by atoms with Crippen LogP contribution in [0.15, 0.2) is 84.9 Å². The van der Waals surface area contributed by atoms with Crippen molar-refractivity contribution >= 4 is 17.9 Å². The number of ether oxygens (including phenoxy) is 1. The number of quaternary nitrogens is 1. The maximum atomic E-state index is 12.9. The third-order valence-corrected chi connectivity index (χ3v) is 10.8. The topological polar surface area (TPSA) is 79.0 Å². The highest BCUT2D eigenvalue weighted by molar-refractivity contribution is 6.21. The molecule has 3 amide bonds. The van der Waals surface area contributed by atoms with E-state index in [9.17, 15) is 14.4 Å². The Labute approximate surface area is 312 Å². The van der Waals surface area contributed by atoms with E-state index in [1.165, 1.54) is 69.1 Å². The molecule has 0 spiro atoms. The Morgan fingerprint density at radius 2 is 1.12 bits per heavy atom. The number of amides is 3. The van der Waals surface area contributed by atoms with Crippen LogP contribution in [0.2, 0.25) is 0 Å². The summed E-state index contributed by atoms with van der Waals surface area (Å²) in [4.78, 5) is 42.1. The molecule has 3 aromatic carbocycles. The average molecular weight is 710 g/mol. The molecule has 2 heterocycles. The largest absolute Gasteiger partial charge is 0.446 e. The molecule has 8 nitrogen and oxygen atoms in total.